The molecule has 0 aromatic carbocycles. The Balaban J connectivity index is -0.0000000408. The highest BCUT2D eigenvalue weighted by atomic mass is 16.5. The van der Waals surface area contributed by atoms with Crippen LogP contribution in [-0.4, -0.2) is 27.4 Å². The molecule has 0 bridgehead atoms. The van der Waals surface area contributed by atoms with Gasteiger partial charge in [-0.05, 0) is 26.2 Å². The molecule has 0 aliphatic rings. The molecule has 2 nitrogen and oxygen atoms in total. The lowest BCUT2D eigenvalue weighted by molar-refractivity contribution is 0.147. The van der Waals surface area contributed by atoms with Crippen LogP contribution in [-0.2, 0) is 9.47 Å². The third kappa shape index (κ3) is 136. The molecule has 0 saturated heterocycles. The molecule has 2 heteroatoms. The van der Waals surface area contributed by atoms with Gasteiger partial charge in [-0.2, -0.15) is 0 Å². The Bertz CT molecular complexity index is 207. The molecule has 0 rings (SSSR count). The van der Waals surface area contributed by atoms with Crippen molar-refractivity contribution in [2.75, 3.05) is 21.3 Å². The zero-order valence-corrected chi connectivity index (χ0v) is 23.7. The van der Waals surface area contributed by atoms with Gasteiger partial charge in [0.05, 0.1) is 6.10 Å². The van der Waals surface area contributed by atoms with E-state index in [0.717, 1.165) is 17.9 Å². The average Bonchev–Trinajstić information content (AvgIpc) is 2.75. The molecule has 0 N–H and O–H groups in total. The summed E-state index contributed by atoms with van der Waals surface area (Å²) in [5.41, 5.74) is 1.07. The molecule has 184 valence electrons. The van der Waals surface area contributed by atoms with Gasteiger partial charge in [-0.25, -0.2) is 0 Å². The predicted octanol–water partition coefficient (Wildman–Crippen LogP) is 10.1. The minimum absolute atomic E-state index is 0.208. The Morgan fingerprint density at radius 3 is 1.10 bits per heavy atom. The van der Waals surface area contributed by atoms with Crippen molar-refractivity contribution in [1.82, 2.24) is 0 Å². The van der Waals surface area contributed by atoms with Gasteiger partial charge < -0.3 is 9.47 Å². The van der Waals surface area contributed by atoms with Crippen molar-refractivity contribution < 1.29 is 9.47 Å². The second-order valence-corrected chi connectivity index (χ2v) is 6.34. The Kier molecular flexibility index (Phi) is 101. The van der Waals surface area contributed by atoms with Crippen LogP contribution in [0.1, 0.15) is 122 Å². The number of hydrogen-bond acceptors (Lipinski definition) is 2. The Morgan fingerprint density at radius 1 is 0.828 bits per heavy atom. The van der Waals surface area contributed by atoms with E-state index in [1.807, 2.05) is 47.6 Å². The zero-order valence-electron chi connectivity index (χ0n) is 23.7. The number of hydrogen-bond donors (Lipinski definition) is 0. The molecule has 0 heterocycles. The summed E-state index contributed by atoms with van der Waals surface area (Å²) in [4.78, 5) is 0. The summed E-state index contributed by atoms with van der Waals surface area (Å²) in [7, 11) is 4.93. The highest BCUT2D eigenvalue weighted by molar-refractivity contribution is 4.94. The first-order valence-corrected chi connectivity index (χ1v) is 11.9. The fourth-order valence-electron chi connectivity index (χ4n) is 0.701. The van der Waals surface area contributed by atoms with Crippen LogP contribution < -0.4 is 0 Å². The van der Waals surface area contributed by atoms with Crippen LogP contribution in [0.15, 0.2) is 24.8 Å². The van der Waals surface area contributed by atoms with Crippen molar-refractivity contribution in [2.45, 2.75) is 128 Å². The minimum atomic E-state index is 0.208. The van der Waals surface area contributed by atoms with Gasteiger partial charge in [-0.15, -0.1) is 6.58 Å². The molecule has 0 aromatic rings. The second-order valence-electron chi connectivity index (χ2n) is 6.34. The van der Waals surface area contributed by atoms with Crippen LogP contribution in [0.2, 0.25) is 0 Å². The van der Waals surface area contributed by atoms with Gasteiger partial charge in [0.15, 0.2) is 0 Å². The highest BCUT2D eigenvalue weighted by Crippen LogP contribution is 1.98. The van der Waals surface area contributed by atoms with Crippen molar-refractivity contribution in [3.63, 3.8) is 0 Å². The standard InChI is InChI=1S/C6H12O.C6H14.C5H12.C4H8.C2H6O.2C2H6/c1-5(2)6(3)7-4;1-3-5-6-4-2;1-4-5(2)3;1-3-4-2;1-3-2;2*1-2/h6H,1H2,2-4H3;3-6H2,1-2H3;5H,4H2,1-3H3;3H,1,4H2,2H3;1-2H3;2*1-2H3. The molecular formula is C27H64O2. The zero-order chi connectivity index (χ0) is 25.1. The summed E-state index contributed by atoms with van der Waals surface area (Å²) in [5.74, 6) is 0.884. The molecule has 0 aliphatic carbocycles. The van der Waals surface area contributed by atoms with Crippen LogP contribution in [0.25, 0.3) is 0 Å². The summed E-state index contributed by atoms with van der Waals surface area (Å²) in [6.45, 7) is 32.3. The highest BCUT2D eigenvalue weighted by Gasteiger charge is 1.94. The molecule has 0 radical (unpaired) electrons. The van der Waals surface area contributed by atoms with Gasteiger partial charge in [0, 0.05) is 21.3 Å². The Labute approximate surface area is 189 Å². The summed E-state index contributed by atoms with van der Waals surface area (Å²) >= 11 is 0. The number of rotatable bonds is 7. The van der Waals surface area contributed by atoms with Gasteiger partial charge in [-0.1, -0.05) is 120 Å². The van der Waals surface area contributed by atoms with Crippen molar-refractivity contribution in [3.8, 4) is 0 Å². The van der Waals surface area contributed by atoms with Crippen molar-refractivity contribution in [2.24, 2.45) is 5.92 Å². The molecule has 0 aromatic heterocycles. The lowest BCUT2D eigenvalue weighted by Gasteiger charge is -2.05. The molecule has 1 unspecified atom stereocenters. The lowest BCUT2D eigenvalue weighted by atomic mass is 10.2. The molecule has 0 saturated carbocycles. The quantitative estimate of drug-likeness (QED) is 0.301. The van der Waals surface area contributed by atoms with E-state index in [9.17, 15) is 0 Å². The third-order valence-electron chi connectivity index (χ3n) is 3.11. The van der Waals surface area contributed by atoms with E-state index in [1.54, 1.807) is 21.3 Å². The fourth-order valence-corrected chi connectivity index (χ4v) is 0.701. The maximum absolute atomic E-state index is 4.91. The van der Waals surface area contributed by atoms with E-state index >= 15 is 0 Å². The average molecular weight is 421 g/mol. The topological polar surface area (TPSA) is 18.5 Å². The first kappa shape index (κ1) is 46.6. The molecular weight excluding hydrogens is 356 g/mol. The van der Waals surface area contributed by atoms with Crippen molar-refractivity contribution >= 4 is 0 Å². The van der Waals surface area contributed by atoms with Gasteiger partial charge in [0.2, 0.25) is 0 Å². The van der Waals surface area contributed by atoms with Crippen molar-refractivity contribution in [1.29, 1.82) is 0 Å². The first-order valence-electron chi connectivity index (χ1n) is 11.9. The number of methoxy groups -OCH3 is 2. The third-order valence-corrected chi connectivity index (χ3v) is 3.11. The fraction of sp³-hybridized carbons (Fsp3) is 0.852. The van der Waals surface area contributed by atoms with Gasteiger partial charge >= 0.3 is 0 Å². The summed E-state index contributed by atoms with van der Waals surface area (Å²) in [5, 5.41) is 0. The van der Waals surface area contributed by atoms with Crippen LogP contribution in [0.5, 0.6) is 0 Å². The molecule has 0 spiro atoms. The normalized spacial score (nSPS) is 8.69. The van der Waals surface area contributed by atoms with Gasteiger partial charge in [-0.3, -0.25) is 0 Å². The molecule has 29 heavy (non-hydrogen) atoms. The largest absolute Gasteiger partial charge is 0.388 e. The number of unbranched alkanes of at least 4 members (excludes halogenated alkanes) is 3. The van der Waals surface area contributed by atoms with E-state index in [4.69, 9.17) is 4.74 Å². The summed E-state index contributed by atoms with van der Waals surface area (Å²) < 4.78 is 9.16. The minimum Gasteiger partial charge on any atom is -0.388 e. The molecule has 0 fully saturated rings. The molecule has 0 aliphatic heterocycles. The number of ether oxygens (including phenoxy) is 2. The smallest absolute Gasteiger partial charge is 0.0747 e. The summed E-state index contributed by atoms with van der Waals surface area (Å²) in [6, 6.07) is 0. The van der Waals surface area contributed by atoms with Crippen LogP contribution >= 0.6 is 0 Å². The van der Waals surface area contributed by atoms with Crippen LogP contribution in [0.4, 0.5) is 0 Å². The summed E-state index contributed by atoms with van der Waals surface area (Å²) in [6.07, 6.45) is 10.0. The van der Waals surface area contributed by atoms with Gasteiger partial charge in [0.1, 0.15) is 0 Å². The second kappa shape index (κ2) is 63.1. The first-order chi connectivity index (χ1) is 13.7. The number of allylic oxidation sites excluding steroid dienone is 1. The van der Waals surface area contributed by atoms with E-state index in [-0.39, 0.29) is 6.10 Å². The maximum atomic E-state index is 4.91. The molecule has 0 amide bonds. The molecule has 1 atom stereocenters. The van der Waals surface area contributed by atoms with Crippen molar-refractivity contribution in [3.05, 3.63) is 24.8 Å². The lowest BCUT2D eigenvalue weighted by Crippen LogP contribution is -2.03. The van der Waals surface area contributed by atoms with E-state index in [2.05, 4.69) is 59.4 Å². The predicted molar refractivity (Wildman–Crippen MR) is 142 cm³/mol. The van der Waals surface area contributed by atoms with Crippen LogP contribution in [0, 0.1) is 5.92 Å². The van der Waals surface area contributed by atoms with Gasteiger partial charge in [0.25, 0.3) is 0 Å². The SMILES string of the molecule is C=C(C)C(C)OC.C=CCC.CC.CC.CCC(C)C.CCCCCC.COC. The monoisotopic (exact) mass is 420 g/mol. The van der Waals surface area contributed by atoms with E-state index in [0.29, 0.717) is 0 Å². The van der Waals surface area contributed by atoms with E-state index < -0.39 is 0 Å². The Hall–Kier alpha value is -0.600. The Morgan fingerprint density at radius 2 is 1.07 bits per heavy atom. The van der Waals surface area contributed by atoms with E-state index in [1.165, 1.54) is 32.1 Å². The maximum Gasteiger partial charge on any atom is 0.0747 e. The van der Waals surface area contributed by atoms with Crippen LogP contribution in [0.3, 0.4) is 0 Å².